The molecule has 2 N–H and O–H groups in total. The first-order valence-electron chi connectivity index (χ1n) is 7.35. The van der Waals surface area contributed by atoms with E-state index in [9.17, 15) is 13.2 Å². The summed E-state index contributed by atoms with van der Waals surface area (Å²) in [5.41, 5.74) is 1.16. The minimum absolute atomic E-state index is 0.00572. The Kier molecular flexibility index (Phi) is 6.65. The number of benzene rings is 1. The molecule has 7 nitrogen and oxygen atoms in total. The standard InChI is InChI=1S/C16H18BrN3O4S/c1-11-3-6-15(18-10-11)20-16(21)13-9-12(4-5-14(13)17)25(22,23)19-7-8-24-2/h3-6,9-10,19H,7-8H2,1-2H3,(H,18,20,21). The Balaban J connectivity index is 2.23. The third-order valence-corrected chi connectivity index (χ3v) is 5.39. The van der Waals surface area contributed by atoms with Crippen LogP contribution in [0.3, 0.4) is 0 Å². The zero-order chi connectivity index (χ0) is 18.4. The second-order valence-corrected chi connectivity index (χ2v) is 7.83. The number of hydrogen-bond acceptors (Lipinski definition) is 5. The maximum absolute atomic E-state index is 12.4. The van der Waals surface area contributed by atoms with Crippen molar-refractivity contribution in [2.75, 3.05) is 25.6 Å². The van der Waals surface area contributed by atoms with Crippen LogP contribution in [0, 0.1) is 6.92 Å². The third kappa shape index (κ3) is 5.33. The molecule has 25 heavy (non-hydrogen) atoms. The van der Waals surface area contributed by atoms with Crippen molar-refractivity contribution < 1.29 is 17.9 Å². The molecular formula is C16H18BrN3O4S. The summed E-state index contributed by atoms with van der Waals surface area (Å²) >= 11 is 3.27. The maximum atomic E-state index is 12.4. The molecule has 0 aliphatic carbocycles. The van der Waals surface area contributed by atoms with E-state index in [1.54, 1.807) is 12.3 Å². The molecular weight excluding hydrogens is 410 g/mol. The number of methoxy groups -OCH3 is 1. The number of carbonyl (C=O) groups is 1. The van der Waals surface area contributed by atoms with Crippen LogP contribution in [0.4, 0.5) is 5.82 Å². The Labute approximate surface area is 155 Å². The van der Waals surface area contributed by atoms with E-state index in [0.717, 1.165) is 5.56 Å². The van der Waals surface area contributed by atoms with Gasteiger partial charge in [-0.25, -0.2) is 18.1 Å². The smallest absolute Gasteiger partial charge is 0.258 e. The lowest BCUT2D eigenvalue weighted by molar-refractivity contribution is 0.102. The van der Waals surface area contributed by atoms with E-state index in [0.29, 0.717) is 10.3 Å². The van der Waals surface area contributed by atoms with Crippen LogP contribution in [0.2, 0.25) is 0 Å². The maximum Gasteiger partial charge on any atom is 0.258 e. The summed E-state index contributed by atoms with van der Waals surface area (Å²) in [5, 5.41) is 2.64. The van der Waals surface area contributed by atoms with Gasteiger partial charge < -0.3 is 10.1 Å². The lowest BCUT2D eigenvalue weighted by atomic mass is 10.2. The van der Waals surface area contributed by atoms with Gasteiger partial charge in [0.15, 0.2) is 0 Å². The average molecular weight is 428 g/mol. The fourth-order valence-corrected chi connectivity index (χ4v) is 3.40. The molecule has 0 unspecified atom stereocenters. The second kappa shape index (κ2) is 8.52. The summed E-state index contributed by atoms with van der Waals surface area (Å²) in [4.78, 5) is 16.5. The number of pyridine rings is 1. The zero-order valence-corrected chi connectivity index (χ0v) is 16.1. The van der Waals surface area contributed by atoms with E-state index in [1.165, 1.54) is 25.3 Å². The molecule has 0 radical (unpaired) electrons. The molecule has 1 aromatic carbocycles. The first-order chi connectivity index (χ1) is 11.8. The van der Waals surface area contributed by atoms with Crippen molar-refractivity contribution in [1.82, 2.24) is 9.71 Å². The molecule has 134 valence electrons. The van der Waals surface area contributed by atoms with Crippen molar-refractivity contribution in [1.29, 1.82) is 0 Å². The van der Waals surface area contributed by atoms with Crippen molar-refractivity contribution in [3.8, 4) is 0 Å². The molecule has 1 amide bonds. The summed E-state index contributed by atoms with van der Waals surface area (Å²) < 4.78 is 32.2. The topological polar surface area (TPSA) is 97.4 Å². The molecule has 0 saturated carbocycles. The number of carbonyl (C=O) groups excluding carboxylic acids is 1. The van der Waals surface area contributed by atoms with Gasteiger partial charge in [-0.2, -0.15) is 0 Å². The Morgan fingerprint density at radius 3 is 2.68 bits per heavy atom. The quantitative estimate of drug-likeness (QED) is 0.660. The van der Waals surface area contributed by atoms with E-state index >= 15 is 0 Å². The Bertz CT molecular complexity index is 854. The number of anilines is 1. The molecule has 1 heterocycles. The third-order valence-electron chi connectivity index (χ3n) is 3.24. The van der Waals surface area contributed by atoms with Gasteiger partial charge in [-0.15, -0.1) is 0 Å². The van der Waals surface area contributed by atoms with E-state index in [1.807, 2.05) is 13.0 Å². The Morgan fingerprint density at radius 1 is 1.28 bits per heavy atom. The summed E-state index contributed by atoms with van der Waals surface area (Å²) in [6.45, 7) is 2.28. The van der Waals surface area contributed by atoms with E-state index in [2.05, 4.69) is 31.0 Å². The number of amides is 1. The largest absolute Gasteiger partial charge is 0.383 e. The number of ether oxygens (including phenoxy) is 1. The molecule has 2 aromatic rings. The van der Waals surface area contributed by atoms with Gasteiger partial charge in [-0.3, -0.25) is 4.79 Å². The molecule has 1 aromatic heterocycles. The number of halogens is 1. The fourth-order valence-electron chi connectivity index (χ4n) is 1.93. The van der Waals surface area contributed by atoms with Crippen molar-refractivity contribution in [2.45, 2.75) is 11.8 Å². The van der Waals surface area contributed by atoms with Crippen LogP contribution in [0.25, 0.3) is 0 Å². The summed E-state index contributed by atoms with van der Waals surface area (Å²) in [7, 11) is -2.25. The Hall–Kier alpha value is -1.81. The summed E-state index contributed by atoms with van der Waals surface area (Å²) in [6, 6.07) is 7.73. The number of sulfonamides is 1. The number of nitrogens with zero attached hydrogens (tertiary/aromatic N) is 1. The van der Waals surface area contributed by atoms with E-state index in [4.69, 9.17) is 4.74 Å². The van der Waals surface area contributed by atoms with Gasteiger partial charge in [-0.05, 0) is 52.7 Å². The van der Waals surface area contributed by atoms with E-state index in [-0.39, 0.29) is 23.6 Å². The van der Waals surface area contributed by atoms with Crippen molar-refractivity contribution in [3.63, 3.8) is 0 Å². The predicted octanol–water partition coefficient (Wildman–Crippen LogP) is 2.33. The van der Waals surface area contributed by atoms with Crippen LogP contribution in [0.5, 0.6) is 0 Å². The Morgan fingerprint density at radius 2 is 2.04 bits per heavy atom. The van der Waals surface area contributed by atoms with Crippen molar-refractivity contribution >= 4 is 37.7 Å². The van der Waals surface area contributed by atoms with Crippen LogP contribution in [0.15, 0.2) is 45.9 Å². The van der Waals surface area contributed by atoms with E-state index < -0.39 is 15.9 Å². The molecule has 0 saturated heterocycles. The molecule has 0 spiro atoms. The molecule has 9 heteroatoms. The molecule has 0 aliphatic rings. The number of nitrogens with one attached hydrogen (secondary N) is 2. The van der Waals surface area contributed by atoms with Gasteiger partial charge >= 0.3 is 0 Å². The van der Waals surface area contributed by atoms with Gasteiger partial charge in [-0.1, -0.05) is 6.07 Å². The lowest BCUT2D eigenvalue weighted by Gasteiger charge is -2.10. The summed E-state index contributed by atoms with van der Waals surface area (Å²) in [5.74, 6) is -0.0776. The highest BCUT2D eigenvalue weighted by Crippen LogP contribution is 2.22. The van der Waals surface area contributed by atoms with Crippen LogP contribution in [-0.4, -0.2) is 39.6 Å². The number of aryl methyl sites for hydroxylation is 1. The van der Waals surface area contributed by atoms with Crippen LogP contribution in [-0.2, 0) is 14.8 Å². The SMILES string of the molecule is COCCNS(=O)(=O)c1ccc(Br)c(C(=O)Nc2ccc(C)cn2)c1. The number of aromatic nitrogens is 1. The first kappa shape index (κ1) is 19.5. The monoisotopic (exact) mass is 427 g/mol. The van der Waals surface area contributed by atoms with Crippen molar-refractivity contribution in [2.24, 2.45) is 0 Å². The van der Waals surface area contributed by atoms with Crippen LogP contribution in [0.1, 0.15) is 15.9 Å². The normalized spacial score (nSPS) is 11.3. The van der Waals surface area contributed by atoms with Gasteiger partial charge in [0.05, 0.1) is 17.1 Å². The van der Waals surface area contributed by atoms with Crippen molar-refractivity contribution in [3.05, 3.63) is 52.1 Å². The minimum Gasteiger partial charge on any atom is -0.383 e. The van der Waals surface area contributed by atoms with Gasteiger partial charge in [0.25, 0.3) is 5.91 Å². The van der Waals surface area contributed by atoms with Crippen LogP contribution < -0.4 is 10.0 Å². The fraction of sp³-hybridized carbons (Fsp3) is 0.250. The first-order valence-corrected chi connectivity index (χ1v) is 9.63. The number of rotatable bonds is 7. The molecule has 0 bridgehead atoms. The van der Waals surface area contributed by atoms with Gasteiger partial charge in [0, 0.05) is 24.3 Å². The molecule has 0 atom stereocenters. The number of hydrogen-bond donors (Lipinski definition) is 2. The zero-order valence-electron chi connectivity index (χ0n) is 13.7. The predicted molar refractivity (Wildman–Crippen MR) is 98.1 cm³/mol. The van der Waals surface area contributed by atoms with Gasteiger partial charge in [0.2, 0.25) is 10.0 Å². The van der Waals surface area contributed by atoms with Crippen LogP contribution >= 0.6 is 15.9 Å². The highest BCUT2D eigenvalue weighted by molar-refractivity contribution is 9.10. The minimum atomic E-state index is -3.73. The van der Waals surface area contributed by atoms with Gasteiger partial charge in [0.1, 0.15) is 5.82 Å². The molecule has 0 aliphatic heterocycles. The average Bonchev–Trinajstić information content (AvgIpc) is 2.57. The highest BCUT2D eigenvalue weighted by Gasteiger charge is 2.18. The molecule has 0 fully saturated rings. The summed E-state index contributed by atoms with van der Waals surface area (Å²) in [6.07, 6.45) is 1.63. The second-order valence-electron chi connectivity index (χ2n) is 5.21. The lowest BCUT2D eigenvalue weighted by Crippen LogP contribution is -2.27. The molecule has 2 rings (SSSR count). The highest BCUT2D eigenvalue weighted by atomic mass is 79.9.